The van der Waals surface area contributed by atoms with Gasteiger partial charge < -0.3 is 14.4 Å². The molecule has 4 nitrogen and oxygen atoms in total. The molecule has 1 aromatic rings. The van der Waals surface area contributed by atoms with Gasteiger partial charge in [0.2, 0.25) is 5.91 Å². The van der Waals surface area contributed by atoms with Crippen LogP contribution in [-0.2, 0) is 16.0 Å². The number of nitrogens with zero attached hydrogens (tertiary/aromatic N) is 1. The molecule has 1 aliphatic rings. The molecule has 1 aromatic carbocycles. The van der Waals surface area contributed by atoms with E-state index in [2.05, 4.69) is 12.6 Å². The molecule has 0 saturated carbocycles. The van der Waals surface area contributed by atoms with Crippen molar-refractivity contribution in [1.29, 1.82) is 0 Å². The third-order valence-corrected chi connectivity index (χ3v) is 3.41. The van der Waals surface area contributed by atoms with Gasteiger partial charge >= 0.3 is 0 Å². The van der Waals surface area contributed by atoms with E-state index in [-0.39, 0.29) is 12.0 Å². The van der Waals surface area contributed by atoms with Crippen LogP contribution in [0.5, 0.6) is 5.75 Å². The van der Waals surface area contributed by atoms with Gasteiger partial charge in [-0.1, -0.05) is 18.2 Å². The summed E-state index contributed by atoms with van der Waals surface area (Å²) in [5.74, 6) is 0.969. The van der Waals surface area contributed by atoms with E-state index in [9.17, 15) is 4.79 Å². The van der Waals surface area contributed by atoms with Crippen molar-refractivity contribution in [2.75, 3.05) is 26.8 Å². The fraction of sp³-hybridized carbons (Fsp3) is 0.438. The highest BCUT2D eigenvalue weighted by Crippen LogP contribution is 2.17. The Labute approximate surface area is 120 Å². The van der Waals surface area contributed by atoms with Gasteiger partial charge in [-0.25, -0.2) is 0 Å². The lowest BCUT2D eigenvalue weighted by atomic mass is 10.1. The summed E-state index contributed by atoms with van der Waals surface area (Å²) >= 11 is 0. The van der Waals surface area contributed by atoms with E-state index in [1.165, 1.54) is 0 Å². The SMILES string of the molecule is C=CCC(=O)N1CCO[C@H](Cc2cccc(OC)c2)C1. The number of amides is 1. The first kappa shape index (κ1) is 14.6. The smallest absolute Gasteiger partial charge is 0.226 e. The largest absolute Gasteiger partial charge is 0.497 e. The summed E-state index contributed by atoms with van der Waals surface area (Å²) in [6.45, 7) is 5.51. The van der Waals surface area contributed by atoms with E-state index in [1.54, 1.807) is 13.2 Å². The summed E-state index contributed by atoms with van der Waals surface area (Å²) in [4.78, 5) is 13.7. The fourth-order valence-corrected chi connectivity index (χ4v) is 2.38. The van der Waals surface area contributed by atoms with Gasteiger partial charge in [0.15, 0.2) is 0 Å². The van der Waals surface area contributed by atoms with E-state index < -0.39 is 0 Å². The molecule has 0 aliphatic carbocycles. The van der Waals surface area contributed by atoms with Crippen molar-refractivity contribution in [3.63, 3.8) is 0 Å². The predicted molar refractivity (Wildman–Crippen MR) is 77.8 cm³/mol. The Bertz CT molecular complexity index is 473. The van der Waals surface area contributed by atoms with Crippen molar-refractivity contribution in [2.24, 2.45) is 0 Å². The molecule has 0 radical (unpaired) electrons. The van der Waals surface area contributed by atoms with Crippen molar-refractivity contribution >= 4 is 5.91 Å². The maximum absolute atomic E-state index is 11.9. The van der Waals surface area contributed by atoms with Gasteiger partial charge in [-0.05, 0) is 17.7 Å². The Morgan fingerprint density at radius 2 is 2.45 bits per heavy atom. The number of carbonyl (C=O) groups is 1. The Morgan fingerprint density at radius 1 is 1.60 bits per heavy atom. The molecule has 0 unspecified atom stereocenters. The minimum atomic E-state index is 0.0459. The van der Waals surface area contributed by atoms with Crippen LogP contribution in [0.25, 0.3) is 0 Å². The predicted octanol–water partition coefficient (Wildman–Crippen LogP) is 2.04. The second kappa shape index (κ2) is 7.10. The summed E-state index contributed by atoms with van der Waals surface area (Å²) in [7, 11) is 1.66. The number of ether oxygens (including phenoxy) is 2. The van der Waals surface area contributed by atoms with E-state index in [0.717, 1.165) is 17.7 Å². The van der Waals surface area contributed by atoms with Crippen LogP contribution < -0.4 is 4.74 Å². The van der Waals surface area contributed by atoms with Crippen molar-refractivity contribution in [1.82, 2.24) is 4.90 Å². The topological polar surface area (TPSA) is 38.8 Å². The van der Waals surface area contributed by atoms with Crippen LogP contribution in [-0.4, -0.2) is 43.7 Å². The van der Waals surface area contributed by atoms with E-state index in [4.69, 9.17) is 9.47 Å². The third-order valence-electron chi connectivity index (χ3n) is 3.41. The Kier molecular flexibility index (Phi) is 5.18. The Hall–Kier alpha value is -1.81. The average molecular weight is 275 g/mol. The second-order valence-corrected chi connectivity index (χ2v) is 4.88. The van der Waals surface area contributed by atoms with Crippen LogP contribution in [0.4, 0.5) is 0 Å². The van der Waals surface area contributed by atoms with Gasteiger partial charge in [0.1, 0.15) is 5.75 Å². The summed E-state index contributed by atoms with van der Waals surface area (Å²) < 4.78 is 11.0. The summed E-state index contributed by atoms with van der Waals surface area (Å²) in [6, 6.07) is 7.95. The number of benzene rings is 1. The molecule has 1 aliphatic heterocycles. The molecule has 1 saturated heterocycles. The summed E-state index contributed by atoms with van der Waals surface area (Å²) in [5, 5.41) is 0. The number of hydrogen-bond donors (Lipinski definition) is 0. The maximum Gasteiger partial charge on any atom is 0.226 e. The van der Waals surface area contributed by atoms with Gasteiger partial charge in [-0.3, -0.25) is 4.79 Å². The summed E-state index contributed by atoms with van der Waals surface area (Å²) in [5.41, 5.74) is 1.16. The average Bonchev–Trinajstić information content (AvgIpc) is 2.48. The molecular formula is C16H21NO3. The molecule has 1 amide bonds. The highest BCUT2D eigenvalue weighted by Gasteiger charge is 2.23. The van der Waals surface area contributed by atoms with Crippen molar-refractivity contribution in [3.8, 4) is 5.75 Å². The van der Waals surface area contributed by atoms with Crippen molar-refractivity contribution in [3.05, 3.63) is 42.5 Å². The van der Waals surface area contributed by atoms with Crippen LogP contribution in [0.15, 0.2) is 36.9 Å². The van der Waals surface area contributed by atoms with E-state index in [0.29, 0.717) is 26.1 Å². The molecule has 1 heterocycles. The molecule has 4 heteroatoms. The first-order valence-corrected chi connectivity index (χ1v) is 6.86. The van der Waals surface area contributed by atoms with Crippen LogP contribution in [0.2, 0.25) is 0 Å². The molecule has 0 bridgehead atoms. The maximum atomic E-state index is 11.9. The van der Waals surface area contributed by atoms with Crippen LogP contribution in [0.1, 0.15) is 12.0 Å². The fourth-order valence-electron chi connectivity index (χ4n) is 2.38. The minimum Gasteiger partial charge on any atom is -0.497 e. The molecule has 0 spiro atoms. The highest BCUT2D eigenvalue weighted by atomic mass is 16.5. The first-order valence-electron chi connectivity index (χ1n) is 6.86. The lowest BCUT2D eigenvalue weighted by molar-refractivity contribution is -0.137. The van der Waals surface area contributed by atoms with Gasteiger partial charge in [0.25, 0.3) is 0 Å². The lowest BCUT2D eigenvalue weighted by Gasteiger charge is -2.33. The molecule has 2 rings (SSSR count). The zero-order valence-electron chi connectivity index (χ0n) is 11.9. The molecule has 1 atom stereocenters. The van der Waals surface area contributed by atoms with Crippen LogP contribution in [0, 0.1) is 0 Å². The standard InChI is InChI=1S/C16H21NO3/c1-3-5-16(18)17-8-9-20-15(12-17)11-13-6-4-7-14(10-13)19-2/h3-4,6-7,10,15H,1,5,8-9,11-12H2,2H3/t15-/m1/s1. The molecule has 20 heavy (non-hydrogen) atoms. The number of rotatable bonds is 5. The zero-order valence-corrected chi connectivity index (χ0v) is 11.9. The molecule has 0 aromatic heterocycles. The van der Waals surface area contributed by atoms with Crippen LogP contribution >= 0.6 is 0 Å². The highest BCUT2D eigenvalue weighted by molar-refractivity contribution is 5.77. The number of morpholine rings is 1. The minimum absolute atomic E-state index is 0.0459. The van der Waals surface area contributed by atoms with Gasteiger partial charge in [0, 0.05) is 25.9 Å². The number of methoxy groups -OCH3 is 1. The molecule has 0 N–H and O–H groups in total. The van der Waals surface area contributed by atoms with Crippen molar-refractivity contribution < 1.29 is 14.3 Å². The van der Waals surface area contributed by atoms with Gasteiger partial charge in [-0.2, -0.15) is 0 Å². The lowest BCUT2D eigenvalue weighted by Crippen LogP contribution is -2.46. The molecular weight excluding hydrogens is 254 g/mol. The van der Waals surface area contributed by atoms with Gasteiger partial charge in [-0.15, -0.1) is 6.58 Å². The van der Waals surface area contributed by atoms with E-state index >= 15 is 0 Å². The zero-order chi connectivity index (χ0) is 14.4. The molecule has 1 fully saturated rings. The Morgan fingerprint density at radius 3 is 3.20 bits per heavy atom. The monoisotopic (exact) mass is 275 g/mol. The normalized spacial score (nSPS) is 18.6. The number of carbonyl (C=O) groups excluding carboxylic acids is 1. The second-order valence-electron chi connectivity index (χ2n) is 4.88. The van der Waals surface area contributed by atoms with Gasteiger partial charge in [0.05, 0.1) is 19.8 Å². The van der Waals surface area contributed by atoms with Crippen LogP contribution in [0.3, 0.4) is 0 Å². The van der Waals surface area contributed by atoms with E-state index in [1.807, 2.05) is 23.1 Å². The first-order chi connectivity index (χ1) is 9.72. The quantitative estimate of drug-likeness (QED) is 0.772. The summed E-state index contributed by atoms with van der Waals surface area (Å²) in [6.07, 6.45) is 2.88. The van der Waals surface area contributed by atoms with Crippen molar-refractivity contribution in [2.45, 2.75) is 18.9 Å². The Balaban J connectivity index is 1.95. The number of hydrogen-bond acceptors (Lipinski definition) is 3. The molecule has 108 valence electrons. The third kappa shape index (κ3) is 3.84.